The average molecular weight is 305 g/mol. The van der Waals surface area contributed by atoms with Crippen LogP contribution >= 0.6 is 0 Å². The minimum atomic E-state index is 0.651. The summed E-state index contributed by atoms with van der Waals surface area (Å²) in [5, 5.41) is 4.91. The van der Waals surface area contributed by atoms with Crippen LogP contribution in [0.2, 0.25) is 0 Å². The second kappa shape index (κ2) is 6.09. The molecule has 0 bridgehead atoms. The van der Waals surface area contributed by atoms with Gasteiger partial charge in [0.05, 0.1) is 0 Å². The summed E-state index contributed by atoms with van der Waals surface area (Å²) in [5.74, 6) is 0.651. The van der Waals surface area contributed by atoms with Gasteiger partial charge in [0.15, 0.2) is 0 Å². The van der Waals surface area contributed by atoms with Crippen molar-refractivity contribution in [1.29, 1.82) is 0 Å². The zero-order valence-corrected chi connectivity index (χ0v) is 13.5. The number of nitrogens with zero attached hydrogens (tertiary/aromatic N) is 1. The fourth-order valence-corrected chi connectivity index (χ4v) is 3.58. The highest BCUT2D eigenvalue weighted by Crippen LogP contribution is 2.33. The van der Waals surface area contributed by atoms with E-state index in [0.717, 1.165) is 13.1 Å². The quantitative estimate of drug-likeness (QED) is 0.757. The summed E-state index contributed by atoms with van der Waals surface area (Å²) >= 11 is 0. The molecule has 0 spiro atoms. The van der Waals surface area contributed by atoms with Gasteiger partial charge in [-0.1, -0.05) is 30.3 Å². The molecule has 2 N–H and O–H groups in total. The Morgan fingerprint density at radius 2 is 2.04 bits per heavy atom. The normalized spacial score (nSPS) is 18.6. The maximum Gasteiger partial charge on any atom is 0.0458 e. The first-order valence-electron chi connectivity index (χ1n) is 8.37. The molecule has 3 heteroatoms. The predicted molar refractivity (Wildman–Crippen MR) is 96.9 cm³/mol. The molecular weight excluding hydrogens is 282 g/mol. The summed E-state index contributed by atoms with van der Waals surface area (Å²) in [6.07, 6.45) is 3.46. The lowest BCUT2D eigenvalue weighted by Crippen LogP contribution is -2.13. The van der Waals surface area contributed by atoms with Gasteiger partial charge in [-0.05, 0) is 55.3 Å². The van der Waals surface area contributed by atoms with Crippen molar-refractivity contribution >= 4 is 16.6 Å². The zero-order valence-electron chi connectivity index (χ0n) is 13.5. The number of aromatic nitrogens is 1. The van der Waals surface area contributed by atoms with E-state index in [1.165, 1.54) is 40.7 Å². The third kappa shape index (κ3) is 2.97. The molecule has 2 heterocycles. The van der Waals surface area contributed by atoms with E-state index in [2.05, 4.69) is 77.0 Å². The minimum absolute atomic E-state index is 0.651. The molecule has 0 saturated carbocycles. The van der Waals surface area contributed by atoms with Gasteiger partial charge in [0.2, 0.25) is 0 Å². The number of rotatable bonds is 4. The number of likely N-dealkylation sites (N-methyl/N-ethyl adjacent to an activating group) is 1. The largest absolute Gasteiger partial charge is 0.381 e. The molecule has 4 rings (SSSR count). The lowest BCUT2D eigenvalue weighted by atomic mass is 9.97. The van der Waals surface area contributed by atoms with Crippen molar-refractivity contribution < 1.29 is 0 Å². The van der Waals surface area contributed by atoms with Crippen molar-refractivity contribution in [3.05, 3.63) is 65.9 Å². The molecule has 1 aliphatic heterocycles. The second-order valence-corrected chi connectivity index (χ2v) is 6.59. The molecule has 3 aromatic rings. The highest BCUT2D eigenvalue weighted by molar-refractivity contribution is 5.87. The molecule has 0 aliphatic carbocycles. The van der Waals surface area contributed by atoms with Gasteiger partial charge in [0.25, 0.3) is 0 Å². The van der Waals surface area contributed by atoms with Crippen LogP contribution < -0.4 is 5.32 Å². The standard InChI is InChI=1S/C20H23N3/c1-23-10-9-16(14-23)19-13-22-20-8-7-17(11-18(19)20)21-12-15-5-3-2-4-6-15/h2-8,11,13,16,21-22H,9-10,12,14H2,1H3. The number of H-pyrrole nitrogens is 1. The lowest BCUT2D eigenvalue weighted by molar-refractivity contribution is 0.412. The summed E-state index contributed by atoms with van der Waals surface area (Å²) in [7, 11) is 2.21. The van der Waals surface area contributed by atoms with Gasteiger partial charge in [-0.25, -0.2) is 0 Å². The zero-order chi connectivity index (χ0) is 15.6. The maximum absolute atomic E-state index is 3.55. The average Bonchev–Trinajstić information content (AvgIpc) is 3.19. The number of nitrogens with one attached hydrogen (secondary N) is 2. The molecule has 118 valence electrons. The van der Waals surface area contributed by atoms with Gasteiger partial charge in [-0.3, -0.25) is 0 Å². The Morgan fingerprint density at radius 1 is 1.17 bits per heavy atom. The number of hydrogen-bond donors (Lipinski definition) is 2. The molecule has 1 unspecified atom stereocenters. The highest BCUT2D eigenvalue weighted by Gasteiger charge is 2.23. The van der Waals surface area contributed by atoms with Gasteiger partial charge in [-0.2, -0.15) is 0 Å². The van der Waals surface area contributed by atoms with Crippen LogP contribution in [0.15, 0.2) is 54.7 Å². The van der Waals surface area contributed by atoms with Crippen LogP contribution in [-0.4, -0.2) is 30.0 Å². The fourth-order valence-electron chi connectivity index (χ4n) is 3.58. The maximum atomic E-state index is 3.55. The summed E-state index contributed by atoms with van der Waals surface area (Å²) < 4.78 is 0. The van der Waals surface area contributed by atoms with Crippen LogP contribution in [0.1, 0.15) is 23.5 Å². The van der Waals surface area contributed by atoms with Gasteiger partial charge in [0, 0.05) is 35.9 Å². The minimum Gasteiger partial charge on any atom is -0.381 e. The highest BCUT2D eigenvalue weighted by atomic mass is 15.1. The van der Waals surface area contributed by atoms with E-state index in [1.807, 2.05) is 0 Å². The first kappa shape index (κ1) is 14.3. The molecule has 3 nitrogen and oxygen atoms in total. The van der Waals surface area contributed by atoms with Crippen molar-refractivity contribution in [2.75, 3.05) is 25.5 Å². The number of anilines is 1. The van der Waals surface area contributed by atoms with E-state index < -0.39 is 0 Å². The Hall–Kier alpha value is -2.26. The van der Waals surface area contributed by atoms with Crippen LogP contribution in [0.5, 0.6) is 0 Å². The SMILES string of the molecule is CN1CCC(c2c[nH]c3ccc(NCc4ccccc4)cc23)C1. The van der Waals surface area contributed by atoms with Crippen LogP contribution in [0, 0.1) is 0 Å². The van der Waals surface area contributed by atoms with E-state index in [9.17, 15) is 0 Å². The first-order valence-corrected chi connectivity index (χ1v) is 8.37. The molecule has 1 aliphatic rings. The number of likely N-dealkylation sites (tertiary alicyclic amines) is 1. The van der Waals surface area contributed by atoms with Crippen molar-refractivity contribution in [2.45, 2.75) is 18.9 Å². The van der Waals surface area contributed by atoms with Gasteiger partial charge >= 0.3 is 0 Å². The summed E-state index contributed by atoms with van der Waals surface area (Å²) in [4.78, 5) is 5.85. The van der Waals surface area contributed by atoms with Crippen LogP contribution in [0.4, 0.5) is 5.69 Å². The molecule has 0 amide bonds. The number of benzene rings is 2. The van der Waals surface area contributed by atoms with E-state index in [0.29, 0.717) is 5.92 Å². The van der Waals surface area contributed by atoms with E-state index >= 15 is 0 Å². The Morgan fingerprint density at radius 3 is 2.83 bits per heavy atom. The smallest absolute Gasteiger partial charge is 0.0458 e. The van der Waals surface area contributed by atoms with Crippen molar-refractivity contribution in [2.24, 2.45) is 0 Å². The Bertz CT molecular complexity index is 791. The third-order valence-corrected chi connectivity index (χ3v) is 4.88. The summed E-state index contributed by atoms with van der Waals surface area (Å²) in [6.45, 7) is 3.22. The molecule has 2 aromatic carbocycles. The first-order chi connectivity index (χ1) is 11.3. The molecule has 1 fully saturated rings. The van der Waals surface area contributed by atoms with E-state index in [4.69, 9.17) is 0 Å². The van der Waals surface area contributed by atoms with Crippen molar-refractivity contribution in [3.8, 4) is 0 Å². The van der Waals surface area contributed by atoms with Crippen LogP contribution in [0.25, 0.3) is 10.9 Å². The molecule has 0 radical (unpaired) electrons. The monoisotopic (exact) mass is 305 g/mol. The van der Waals surface area contributed by atoms with Gasteiger partial charge in [-0.15, -0.1) is 0 Å². The van der Waals surface area contributed by atoms with E-state index in [1.54, 1.807) is 0 Å². The Labute approximate surface area is 137 Å². The van der Waals surface area contributed by atoms with Crippen LogP contribution in [0.3, 0.4) is 0 Å². The van der Waals surface area contributed by atoms with Gasteiger partial charge < -0.3 is 15.2 Å². The second-order valence-electron chi connectivity index (χ2n) is 6.59. The number of aromatic amines is 1. The molecular formula is C20H23N3. The number of fused-ring (bicyclic) bond motifs is 1. The molecule has 1 aromatic heterocycles. The summed E-state index contributed by atoms with van der Waals surface area (Å²) in [5.41, 5.74) is 5.19. The van der Waals surface area contributed by atoms with Gasteiger partial charge in [0.1, 0.15) is 0 Å². The Balaban J connectivity index is 1.57. The molecule has 1 saturated heterocycles. The fraction of sp³-hybridized carbons (Fsp3) is 0.300. The van der Waals surface area contributed by atoms with Crippen LogP contribution in [-0.2, 0) is 6.54 Å². The topological polar surface area (TPSA) is 31.1 Å². The molecule has 1 atom stereocenters. The Kier molecular flexibility index (Phi) is 3.80. The summed E-state index contributed by atoms with van der Waals surface area (Å²) in [6, 6.07) is 17.2. The molecule has 23 heavy (non-hydrogen) atoms. The number of hydrogen-bond acceptors (Lipinski definition) is 2. The predicted octanol–water partition coefficient (Wildman–Crippen LogP) is 4.20. The van der Waals surface area contributed by atoms with Crippen molar-refractivity contribution in [1.82, 2.24) is 9.88 Å². The van der Waals surface area contributed by atoms with E-state index in [-0.39, 0.29) is 0 Å². The van der Waals surface area contributed by atoms with Crippen molar-refractivity contribution in [3.63, 3.8) is 0 Å². The lowest BCUT2D eigenvalue weighted by Gasteiger charge is -2.11. The third-order valence-electron chi connectivity index (χ3n) is 4.88.